The Morgan fingerprint density at radius 2 is 1.62 bits per heavy atom. The van der Waals surface area contributed by atoms with E-state index in [9.17, 15) is 4.79 Å². The minimum absolute atomic E-state index is 0. The molecule has 1 saturated heterocycles. The summed E-state index contributed by atoms with van der Waals surface area (Å²) in [6.07, 6.45) is 9.88. The minimum atomic E-state index is -0.394. The van der Waals surface area contributed by atoms with Gasteiger partial charge >= 0.3 is 0 Å². The SMILES string of the molecule is CC(NC(=O)C1(CN)CCOCC1)C12CC3CC(CC(C3)C1)C2.Cl. The lowest BCUT2D eigenvalue weighted by Crippen LogP contribution is -2.59. The van der Waals surface area contributed by atoms with Crippen LogP contribution in [0, 0.1) is 28.6 Å². The number of amides is 1. The third-order valence-electron chi connectivity index (χ3n) is 7.67. The molecule has 0 spiro atoms. The first-order valence-electron chi connectivity index (χ1n) is 9.64. The molecule has 1 aliphatic heterocycles. The van der Waals surface area contributed by atoms with Crippen LogP contribution in [0.2, 0.25) is 0 Å². The van der Waals surface area contributed by atoms with Crippen LogP contribution in [0.4, 0.5) is 0 Å². The van der Waals surface area contributed by atoms with Crippen molar-refractivity contribution in [2.75, 3.05) is 19.8 Å². The van der Waals surface area contributed by atoms with Crippen LogP contribution in [0.15, 0.2) is 0 Å². The largest absolute Gasteiger partial charge is 0.381 e. The number of halogens is 1. The van der Waals surface area contributed by atoms with E-state index in [2.05, 4.69) is 12.2 Å². The van der Waals surface area contributed by atoms with E-state index in [4.69, 9.17) is 10.5 Å². The van der Waals surface area contributed by atoms with Crippen molar-refractivity contribution in [3.05, 3.63) is 0 Å². The van der Waals surface area contributed by atoms with Crippen molar-refractivity contribution in [3.63, 3.8) is 0 Å². The summed E-state index contributed by atoms with van der Waals surface area (Å²) in [5, 5.41) is 3.42. The number of nitrogens with two attached hydrogens (primary N) is 1. The summed E-state index contributed by atoms with van der Waals surface area (Å²) >= 11 is 0. The average molecular weight is 357 g/mol. The van der Waals surface area contributed by atoms with Crippen LogP contribution in [0.5, 0.6) is 0 Å². The van der Waals surface area contributed by atoms with E-state index in [1.165, 1.54) is 38.5 Å². The molecule has 1 unspecified atom stereocenters. The van der Waals surface area contributed by atoms with Gasteiger partial charge in [-0.3, -0.25) is 4.79 Å². The van der Waals surface area contributed by atoms with Crippen LogP contribution in [0.25, 0.3) is 0 Å². The zero-order chi connectivity index (χ0) is 16.1. The number of carbonyl (C=O) groups excluding carboxylic acids is 1. The van der Waals surface area contributed by atoms with E-state index in [0.717, 1.165) is 30.6 Å². The maximum Gasteiger partial charge on any atom is 0.227 e. The lowest BCUT2D eigenvalue weighted by molar-refractivity contribution is -0.140. The molecule has 3 N–H and O–H groups in total. The Hall–Kier alpha value is -0.320. The highest BCUT2D eigenvalue weighted by molar-refractivity contribution is 5.85. The van der Waals surface area contributed by atoms with Crippen molar-refractivity contribution in [3.8, 4) is 0 Å². The Labute approximate surface area is 152 Å². The summed E-state index contributed by atoms with van der Waals surface area (Å²) in [5.74, 6) is 2.96. The van der Waals surface area contributed by atoms with E-state index in [0.29, 0.717) is 25.2 Å². The van der Waals surface area contributed by atoms with Gasteiger partial charge in [0.2, 0.25) is 5.91 Å². The topological polar surface area (TPSA) is 64.4 Å². The van der Waals surface area contributed by atoms with Crippen LogP contribution in [0.3, 0.4) is 0 Å². The van der Waals surface area contributed by atoms with Gasteiger partial charge in [-0.25, -0.2) is 0 Å². The molecule has 4 nitrogen and oxygen atoms in total. The van der Waals surface area contributed by atoms with Gasteiger partial charge in [-0.2, -0.15) is 0 Å². The molecule has 0 radical (unpaired) electrons. The average Bonchev–Trinajstić information content (AvgIpc) is 2.54. The van der Waals surface area contributed by atoms with Crippen molar-refractivity contribution < 1.29 is 9.53 Å². The minimum Gasteiger partial charge on any atom is -0.381 e. The fourth-order valence-corrected chi connectivity index (χ4v) is 6.50. The molecular weight excluding hydrogens is 324 g/mol. The molecule has 4 bridgehead atoms. The molecule has 24 heavy (non-hydrogen) atoms. The Bertz CT molecular complexity index is 441. The van der Waals surface area contributed by atoms with Gasteiger partial charge in [-0.05, 0) is 81.5 Å². The zero-order valence-corrected chi connectivity index (χ0v) is 15.7. The van der Waals surface area contributed by atoms with Crippen LogP contribution >= 0.6 is 12.4 Å². The molecular formula is C19H33ClN2O2. The molecule has 138 valence electrons. The van der Waals surface area contributed by atoms with Crippen LogP contribution in [0.1, 0.15) is 58.3 Å². The second-order valence-electron chi connectivity index (χ2n) is 9.07. The third-order valence-corrected chi connectivity index (χ3v) is 7.67. The Morgan fingerprint density at radius 3 is 2.08 bits per heavy atom. The zero-order valence-electron chi connectivity index (χ0n) is 14.9. The van der Waals surface area contributed by atoms with E-state index >= 15 is 0 Å². The number of carbonyl (C=O) groups is 1. The molecule has 1 atom stereocenters. The maximum atomic E-state index is 13.0. The second kappa shape index (κ2) is 6.77. The van der Waals surface area contributed by atoms with Gasteiger partial charge in [-0.1, -0.05) is 0 Å². The Balaban J connectivity index is 0.00000169. The van der Waals surface area contributed by atoms with Gasteiger partial charge in [0.25, 0.3) is 0 Å². The summed E-state index contributed by atoms with van der Waals surface area (Å²) in [6, 6.07) is 0.287. The fourth-order valence-electron chi connectivity index (χ4n) is 6.50. The van der Waals surface area contributed by atoms with Crippen LogP contribution in [-0.2, 0) is 9.53 Å². The van der Waals surface area contributed by atoms with E-state index in [1.807, 2.05) is 0 Å². The van der Waals surface area contributed by atoms with E-state index < -0.39 is 5.41 Å². The number of nitrogens with one attached hydrogen (secondary N) is 1. The monoisotopic (exact) mass is 356 g/mol. The molecule has 0 aromatic heterocycles. The second-order valence-corrected chi connectivity index (χ2v) is 9.07. The number of hydrogen-bond donors (Lipinski definition) is 2. The Kier molecular flexibility index (Phi) is 5.21. The number of hydrogen-bond acceptors (Lipinski definition) is 3. The fraction of sp³-hybridized carbons (Fsp3) is 0.947. The Morgan fingerprint density at radius 1 is 1.12 bits per heavy atom. The van der Waals surface area contributed by atoms with Crippen molar-refractivity contribution in [2.24, 2.45) is 34.3 Å². The van der Waals surface area contributed by atoms with Gasteiger partial charge in [0, 0.05) is 25.8 Å². The van der Waals surface area contributed by atoms with Gasteiger partial charge in [-0.15, -0.1) is 12.4 Å². The van der Waals surface area contributed by atoms with Crippen LogP contribution < -0.4 is 11.1 Å². The quantitative estimate of drug-likeness (QED) is 0.814. The molecule has 5 heteroatoms. The molecule has 0 aromatic carbocycles. The van der Waals surface area contributed by atoms with Gasteiger partial charge in [0.05, 0.1) is 5.41 Å². The highest BCUT2D eigenvalue weighted by Gasteiger charge is 2.54. The first kappa shape index (κ1) is 18.5. The number of ether oxygens (including phenoxy) is 1. The predicted molar refractivity (Wildman–Crippen MR) is 97.0 cm³/mol. The van der Waals surface area contributed by atoms with Crippen molar-refractivity contribution >= 4 is 18.3 Å². The highest BCUT2D eigenvalue weighted by Crippen LogP contribution is 2.61. The molecule has 5 rings (SSSR count). The van der Waals surface area contributed by atoms with Gasteiger partial charge in [0.15, 0.2) is 0 Å². The molecule has 0 aromatic rings. The molecule has 5 fully saturated rings. The molecule has 4 aliphatic carbocycles. The third kappa shape index (κ3) is 2.99. The normalized spacial score (nSPS) is 40.7. The summed E-state index contributed by atoms with van der Waals surface area (Å²) in [5.41, 5.74) is 5.98. The van der Waals surface area contributed by atoms with E-state index in [-0.39, 0.29) is 24.4 Å². The van der Waals surface area contributed by atoms with Gasteiger partial charge < -0.3 is 15.8 Å². The lowest BCUT2D eigenvalue weighted by atomic mass is 9.48. The summed E-state index contributed by atoms with van der Waals surface area (Å²) < 4.78 is 5.45. The smallest absolute Gasteiger partial charge is 0.227 e. The maximum absolute atomic E-state index is 13.0. The molecule has 1 amide bonds. The first-order valence-corrected chi connectivity index (χ1v) is 9.64. The molecule has 5 aliphatic rings. The lowest BCUT2D eigenvalue weighted by Gasteiger charge is -2.59. The predicted octanol–water partition coefficient (Wildman–Crippen LogP) is 2.88. The summed E-state index contributed by atoms with van der Waals surface area (Å²) in [4.78, 5) is 13.0. The van der Waals surface area contributed by atoms with E-state index in [1.54, 1.807) is 0 Å². The molecule has 1 heterocycles. The first-order chi connectivity index (χ1) is 11.1. The van der Waals surface area contributed by atoms with Crippen LogP contribution in [-0.4, -0.2) is 31.7 Å². The van der Waals surface area contributed by atoms with Crippen molar-refractivity contribution in [2.45, 2.75) is 64.3 Å². The molecule has 4 saturated carbocycles. The van der Waals surface area contributed by atoms with Crippen molar-refractivity contribution in [1.82, 2.24) is 5.32 Å². The number of rotatable bonds is 4. The standard InChI is InChI=1S/C19H32N2O2.ClH/c1-13(21-17(22)18(12-20)2-4-23-5-3-18)19-9-14-6-15(10-19)8-16(7-14)11-19;/h13-16H,2-12,20H2,1H3,(H,21,22);1H. The van der Waals surface area contributed by atoms with Gasteiger partial charge in [0.1, 0.15) is 0 Å². The van der Waals surface area contributed by atoms with Crippen molar-refractivity contribution in [1.29, 1.82) is 0 Å². The highest BCUT2D eigenvalue weighted by atomic mass is 35.5. The summed E-state index contributed by atoms with van der Waals surface area (Å²) in [6.45, 7) is 4.02. The summed E-state index contributed by atoms with van der Waals surface area (Å²) in [7, 11) is 0.